The van der Waals surface area contributed by atoms with Crippen LogP contribution < -0.4 is 0 Å². The molecule has 0 spiro atoms. The van der Waals surface area contributed by atoms with E-state index in [1.807, 2.05) is 0 Å². The molecule has 1 aliphatic carbocycles. The fourth-order valence-corrected chi connectivity index (χ4v) is 1.62. The summed E-state index contributed by atoms with van der Waals surface area (Å²) < 4.78 is 0. The summed E-state index contributed by atoms with van der Waals surface area (Å²) in [6, 6.07) is 0.134. The minimum absolute atomic E-state index is 0.134. The van der Waals surface area contributed by atoms with Crippen molar-refractivity contribution in [3.8, 4) is 0 Å². The quantitative estimate of drug-likeness (QED) is 0.523. The number of hydrogen-bond acceptors (Lipinski definition) is 2. The van der Waals surface area contributed by atoms with Crippen LogP contribution in [-0.2, 0) is 0 Å². The Bertz CT molecular complexity index is 113. The summed E-state index contributed by atoms with van der Waals surface area (Å²) in [5.74, 6) is 1.14. The standard InChI is InChI=1S/C7H13NO/c1-3-6-4-5(2)7(6)8-9/h5-7H,3-4H2,1-2H3. The van der Waals surface area contributed by atoms with Gasteiger partial charge in [-0.3, -0.25) is 0 Å². The van der Waals surface area contributed by atoms with E-state index in [-0.39, 0.29) is 6.04 Å². The molecule has 0 aromatic rings. The molecular weight excluding hydrogens is 114 g/mol. The Morgan fingerprint density at radius 1 is 1.67 bits per heavy atom. The second-order valence-corrected chi connectivity index (χ2v) is 2.98. The topological polar surface area (TPSA) is 29.4 Å². The van der Waals surface area contributed by atoms with Gasteiger partial charge in [-0.25, -0.2) is 0 Å². The lowest BCUT2D eigenvalue weighted by molar-refractivity contribution is 0.157. The van der Waals surface area contributed by atoms with Crippen LogP contribution in [0.2, 0.25) is 0 Å². The van der Waals surface area contributed by atoms with Gasteiger partial charge in [-0.15, -0.1) is 0 Å². The number of rotatable bonds is 2. The first kappa shape index (κ1) is 6.72. The molecule has 0 aromatic carbocycles. The van der Waals surface area contributed by atoms with Gasteiger partial charge in [0.2, 0.25) is 0 Å². The highest BCUT2D eigenvalue weighted by Crippen LogP contribution is 2.38. The largest absolute Gasteiger partial charge is 0.150 e. The summed E-state index contributed by atoms with van der Waals surface area (Å²) in [7, 11) is 0. The van der Waals surface area contributed by atoms with E-state index in [9.17, 15) is 4.91 Å². The first-order valence-corrected chi connectivity index (χ1v) is 3.62. The van der Waals surface area contributed by atoms with Crippen molar-refractivity contribution in [2.24, 2.45) is 17.0 Å². The van der Waals surface area contributed by atoms with E-state index in [0.29, 0.717) is 11.8 Å². The van der Waals surface area contributed by atoms with Gasteiger partial charge in [-0.1, -0.05) is 25.4 Å². The Balaban J connectivity index is 2.37. The van der Waals surface area contributed by atoms with Gasteiger partial charge in [-0.2, -0.15) is 4.91 Å². The Morgan fingerprint density at radius 2 is 2.33 bits per heavy atom. The van der Waals surface area contributed by atoms with Crippen molar-refractivity contribution in [3.63, 3.8) is 0 Å². The van der Waals surface area contributed by atoms with Crippen LogP contribution in [0.5, 0.6) is 0 Å². The van der Waals surface area contributed by atoms with Crippen molar-refractivity contribution in [1.82, 2.24) is 0 Å². The molecule has 0 bridgehead atoms. The van der Waals surface area contributed by atoms with Crippen LogP contribution in [0.15, 0.2) is 5.18 Å². The van der Waals surface area contributed by atoms with E-state index in [1.54, 1.807) is 0 Å². The molecule has 2 nitrogen and oxygen atoms in total. The highest BCUT2D eigenvalue weighted by Gasteiger charge is 2.37. The lowest BCUT2D eigenvalue weighted by Gasteiger charge is -2.37. The summed E-state index contributed by atoms with van der Waals surface area (Å²) in [5.41, 5.74) is 0. The van der Waals surface area contributed by atoms with E-state index in [4.69, 9.17) is 0 Å². The van der Waals surface area contributed by atoms with Crippen LogP contribution in [0, 0.1) is 16.7 Å². The maximum Gasteiger partial charge on any atom is 0.0973 e. The summed E-state index contributed by atoms with van der Waals surface area (Å²) in [6.45, 7) is 4.22. The minimum Gasteiger partial charge on any atom is -0.150 e. The Hall–Kier alpha value is -0.400. The Labute approximate surface area is 55.6 Å². The van der Waals surface area contributed by atoms with E-state index < -0.39 is 0 Å². The molecule has 1 saturated carbocycles. The zero-order valence-electron chi connectivity index (χ0n) is 6.00. The lowest BCUT2D eigenvalue weighted by atomic mass is 9.70. The summed E-state index contributed by atoms with van der Waals surface area (Å²) in [6.07, 6.45) is 2.31. The molecule has 0 aromatic heterocycles. The van der Waals surface area contributed by atoms with Gasteiger partial charge in [0.05, 0.1) is 6.04 Å². The average molecular weight is 127 g/mol. The summed E-state index contributed by atoms with van der Waals surface area (Å²) in [4.78, 5) is 10.1. The third-order valence-electron chi connectivity index (χ3n) is 2.39. The molecule has 2 heteroatoms. The highest BCUT2D eigenvalue weighted by molar-refractivity contribution is 4.91. The first-order valence-electron chi connectivity index (χ1n) is 3.62. The van der Waals surface area contributed by atoms with Gasteiger partial charge in [0, 0.05) is 0 Å². The maximum atomic E-state index is 10.1. The van der Waals surface area contributed by atoms with Gasteiger partial charge >= 0.3 is 0 Å². The number of nitrogens with zero attached hydrogens (tertiary/aromatic N) is 1. The lowest BCUT2D eigenvalue weighted by Crippen LogP contribution is -2.37. The molecule has 1 aliphatic rings. The van der Waals surface area contributed by atoms with Crippen molar-refractivity contribution in [3.05, 3.63) is 4.91 Å². The second-order valence-electron chi connectivity index (χ2n) is 2.98. The maximum absolute atomic E-state index is 10.1. The molecule has 3 unspecified atom stereocenters. The first-order chi connectivity index (χ1) is 4.29. The molecule has 3 atom stereocenters. The second kappa shape index (κ2) is 2.46. The molecule has 0 radical (unpaired) electrons. The van der Waals surface area contributed by atoms with Gasteiger partial charge in [0.15, 0.2) is 0 Å². The third-order valence-corrected chi connectivity index (χ3v) is 2.39. The molecule has 0 amide bonds. The van der Waals surface area contributed by atoms with Crippen molar-refractivity contribution >= 4 is 0 Å². The molecule has 1 fully saturated rings. The van der Waals surface area contributed by atoms with Gasteiger partial charge in [0.1, 0.15) is 0 Å². The smallest absolute Gasteiger partial charge is 0.0973 e. The van der Waals surface area contributed by atoms with Crippen molar-refractivity contribution < 1.29 is 0 Å². The molecule has 0 saturated heterocycles. The van der Waals surface area contributed by atoms with Crippen LogP contribution in [0.1, 0.15) is 26.7 Å². The van der Waals surface area contributed by atoms with Crippen LogP contribution in [0.4, 0.5) is 0 Å². The van der Waals surface area contributed by atoms with Crippen LogP contribution >= 0.6 is 0 Å². The van der Waals surface area contributed by atoms with Crippen molar-refractivity contribution in [2.75, 3.05) is 0 Å². The van der Waals surface area contributed by atoms with Crippen molar-refractivity contribution in [2.45, 2.75) is 32.7 Å². The zero-order chi connectivity index (χ0) is 6.85. The van der Waals surface area contributed by atoms with Crippen LogP contribution in [0.25, 0.3) is 0 Å². The third kappa shape index (κ3) is 0.979. The fourth-order valence-electron chi connectivity index (χ4n) is 1.62. The van der Waals surface area contributed by atoms with Crippen LogP contribution in [0.3, 0.4) is 0 Å². The van der Waals surface area contributed by atoms with E-state index in [1.165, 1.54) is 6.42 Å². The molecule has 0 N–H and O–H groups in total. The predicted molar refractivity (Wildman–Crippen MR) is 37.1 cm³/mol. The van der Waals surface area contributed by atoms with E-state index in [2.05, 4.69) is 19.0 Å². The van der Waals surface area contributed by atoms with Gasteiger partial charge in [-0.05, 0) is 18.3 Å². The Kier molecular flexibility index (Phi) is 1.84. The van der Waals surface area contributed by atoms with E-state index >= 15 is 0 Å². The molecule has 0 aliphatic heterocycles. The highest BCUT2D eigenvalue weighted by atomic mass is 16.3. The molecule has 52 valence electrons. The monoisotopic (exact) mass is 127 g/mol. The summed E-state index contributed by atoms with van der Waals surface area (Å²) >= 11 is 0. The van der Waals surface area contributed by atoms with Gasteiger partial charge < -0.3 is 0 Å². The summed E-state index contributed by atoms with van der Waals surface area (Å²) in [5, 5.41) is 3.08. The Morgan fingerprint density at radius 3 is 2.56 bits per heavy atom. The average Bonchev–Trinajstić information content (AvgIpc) is 1.83. The normalized spacial score (nSPS) is 41.8. The minimum atomic E-state index is 0.134. The molecule has 1 rings (SSSR count). The van der Waals surface area contributed by atoms with Crippen molar-refractivity contribution in [1.29, 1.82) is 0 Å². The fraction of sp³-hybridized carbons (Fsp3) is 1.00. The number of nitroso groups, excluding NO2 is 1. The molecule has 0 heterocycles. The number of hydrogen-bond donors (Lipinski definition) is 0. The molecular formula is C7H13NO. The van der Waals surface area contributed by atoms with Crippen LogP contribution in [-0.4, -0.2) is 6.04 Å². The predicted octanol–water partition coefficient (Wildman–Crippen LogP) is 2.19. The zero-order valence-corrected chi connectivity index (χ0v) is 6.00. The SMILES string of the molecule is CCC1CC(C)C1N=O. The van der Waals surface area contributed by atoms with E-state index in [0.717, 1.165) is 6.42 Å². The molecule has 9 heavy (non-hydrogen) atoms. The van der Waals surface area contributed by atoms with Gasteiger partial charge in [0.25, 0.3) is 0 Å².